The van der Waals surface area contributed by atoms with E-state index in [-0.39, 0.29) is 5.84 Å². The van der Waals surface area contributed by atoms with E-state index in [1.807, 2.05) is 6.92 Å². The first-order valence-electron chi connectivity index (χ1n) is 5.22. The average Bonchev–Trinajstić information content (AvgIpc) is 2.10. The van der Waals surface area contributed by atoms with Crippen LogP contribution in [0.4, 0.5) is 0 Å². The lowest BCUT2D eigenvalue weighted by atomic mass is 10.3. The molecule has 0 spiro atoms. The lowest BCUT2D eigenvalue weighted by Crippen LogP contribution is -2.36. The molecule has 3 N–H and O–H groups in total. The molecule has 0 rings (SSSR count). The topological polar surface area (TPSA) is 62.3 Å². The molecule has 14 heavy (non-hydrogen) atoms. The fraction of sp³-hybridized carbons (Fsp3) is 0.900. The van der Waals surface area contributed by atoms with Crippen LogP contribution in [0.25, 0.3) is 0 Å². The Hall–Kier alpha value is -0.610. The van der Waals surface area contributed by atoms with Gasteiger partial charge in [0, 0.05) is 32.2 Å². The van der Waals surface area contributed by atoms with Crippen molar-refractivity contribution in [3.8, 4) is 0 Å². The largest absolute Gasteiger partial charge is 0.388 e. The first-order chi connectivity index (χ1) is 6.57. The summed E-state index contributed by atoms with van der Waals surface area (Å²) >= 11 is 0. The number of amidine groups is 1. The minimum atomic E-state index is 0.257. The number of nitrogens with zero attached hydrogens (tertiary/aromatic N) is 1. The van der Waals surface area contributed by atoms with E-state index < -0.39 is 0 Å². The van der Waals surface area contributed by atoms with E-state index in [2.05, 4.69) is 18.7 Å². The summed E-state index contributed by atoms with van der Waals surface area (Å²) in [6.07, 6.45) is 0.643. The molecular weight excluding hydrogens is 178 g/mol. The van der Waals surface area contributed by atoms with Crippen LogP contribution in [0.3, 0.4) is 0 Å². The second-order valence-corrected chi connectivity index (χ2v) is 3.60. The van der Waals surface area contributed by atoms with Crippen LogP contribution in [0, 0.1) is 5.41 Å². The van der Waals surface area contributed by atoms with Gasteiger partial charge in [0.2, 0.25) is 0 Å². The van der Waals surface area contributed by atoms with Crippen LogP contribution in [0.2, 0.25) is 0 Å². The van der Waals surface area contributed by atoms with Gasteiger partial charge in [-0.25, -0.2) is 0 Å². The van der Waals surface area contributed by atoms with Crippen molar-refractivity contribution in [1.29, 1.82) is 5.41 Å². The third-order valence-electron chi connectivity index (χ3n) is 2.13. The molecule has 0 saturated carbocycles. The molecule has 0 aliphatic carbocycles. The second kappa shape index (κ2) is 7.76. The fourth-order valence-electron chi connectivity index (χ4n) is 1.22. The van der Waals surface area contributed by atoms with Crippen LogP contribution in [-0.4, -0.2) is 43.1 Å². The molecule has 0 aliphatic rings. The highest BCUT2D eigenvalue weighted by molar-refractivity contribution is 5.76. The zero-order chi connectivity index (χ0) is 11.0. The van der Waals surface area contributed by atoms with Crippen molar-refractivity contribution in [2.75, 3.05) is 26.3 Å². The van der Waals surface area contributed by atoms with Crippen molar-refractivity contribution < 1.29 is 4.74 Å². The summed E-state index contributed by atoms with van der Waals surface area (Å²) in [6.45, 7) is 9.57. The number of hydrogen-bond donors (Lipinski definition) is 2. The molecule has 0 atom stereocenters. The van der Waals surface area contributed by atoms with Crippen molar-refractivity contribution in [3.05, 3.63) is 0 Å². The zero-order valence-electron chi connectivity index (χ0n) is 9.55. The van der Waals surface area contributed by atoms with Gasteiger partial charge in [-0.05, 0) is 20.8 Å². The van der Waals surface area contributed by atoms with E-state index in [1.54, 1.807) is 0 Å². The summed E-state index contributed by atoms with van der Waals surface area (Å²) in [6, 6.07) is 0.481. The van der Waals surface area contributed by atoms with E-state index in [0.717, 1.165) is 26.3 Å². The Kier molecular flexibility index (Phi) is 7.42. The zero-order valence-corrected chi connectivity index (χ0v) is 9.55. The van der Waals surface area contributed by atoms with Crippen LogP contribution < -0.4 is 5.73 Å². The Labute approximate surface area is 86.9 Å². The van der Waals surface area contributed by atoms with Crippen LogP contribution in [0.5, 0.6) is 0 Å². The molecular formula is C10H23N3O. The molecule has 0 unspecified atom stereocenters. The number of ether oxygens (including phenoxy) is 1. The number of nitrogens with two attached hydrogens (primary N) is 1. The van der Waals surface area contributed by atoms with Gasteiger partial charge in [0.15, 0.2) is 0 Å². The summed E-state index contributed by atoms with van der Waals surface area (Å²) in [5.74, 6) is 0.257. The van der Waals surface area contributed by atoms with Crippen LogP contribution in [-0.2, 0) is 4.74 Å². The third kappa shape index (κ3) is 6.86. The van der Waals surface area contributed by atoms with E-state index in [4.69, 9.17) is 15.9 Å². The predicted octanol–water partition coefficient (Wildman–Crippen LogP) is 1.06. The predicted molar refractivity (Wildman–Crippen MR) is 59.7 cm³/mol. The quantitative estimate of drug-likeness (QED) is 0.351. The Morgan fingerprint density at radius 3 is 2.50 bits per heavy atom. The van der Waals surface area contributed by atoms with Gasteiger partial charge in [0.1, 0.15) is 0 Å². The number of rotatable bonds is 8. The second-order valence-electron chi connectivity index (χ2n) is 3.60. The van der Waals surface area contributed by atoms with Gasteiger partial charge in [-0.3, -0.25) is 10.3 Å². The number of hydrogen-bond acceptors (Lipinski definition) is 3. The van der Waals surface area contributed by atoms with Gasteiger partial charge < -0.3 is 10.5 Å². The van der Waals surface area contributed by atoms with Crippen LogP contribution >= 0.6 is 0 Å². The molecule has 0 radical (unpaired) electrons. The maximum atomic E-state index is 7.16. The molecule has 0 fully saturated rings. The van der Waals surface area contributed by atoms with Gasteiger partial charge in [-0.15, -0.1) is 0 Å². The van der Waals surface area contributed by atoms with E-state index in [0.29, 0.717) is 12.5 Å². The van der Waals surface area contributed by atoms with Gasteiger partial charge >= 0.3 is 0 Å². The molecule has 84 valence electrons. The summed E-state index contributed by atoms with van der Waals surface area (Å²) < 4.78 is 5.29. The molecule has 0 heterocycles. The molecule has 0 saturated heterocycles. The van der Waals surface area contributed by atoms with Gasteiger partial charge in [0.25, 0.3) is 0 Å². The van der Waals surface area contributed by atoms with Crippen LogP contribution in [0.15, 0.2) is 0 Å². The summed E-state index contributed by atoms with van der Waals surface area (Å²) in [5, 5.41) is 7.16. The lowest BCUT2D eigenvalue weighted by molar-refractivity contribution is 0.102. The molecule has 0 aromatic carbocycles. The highest BCUT2D eigenvalue weighted by Gasteiger charge is 2.08. The normalized spacial score (nSPS) is 11.2. The van der Waals surface area contributed by atoms with Crippen molar-refractivity contribution in [1.82, 2.24) is 4.90 Å². The standard InChI is InChI=1S/C10H23N3O/c1-4-14-8-7-13(9(2)3)6-5-10(11)12/h9H,4-8H2,1-3H3,(H3,11,12). The Bertz CT molecular complexity index is 159. The Morgan fingerprint density at radius 2 is 2.07 bits per heavy atom. The van der Waals surface area contributed by atoms with Gasteiger partial charge in [0.05, 0.1) is 12.4 Å². The summed E-state index contributed by atoms with van der Waals surface area (Å²) in [4.78, 5) is 2.27. The Morgan fingerprint density at radius 1 is 1.43 bits per heavy atom. The van der Waals surface area contributed by atoms with Crippen LogP contribution in [0.1, 0.15) is 27.2 Å². The fourth-order valence-corrected chi connectivity index (χ4v) is 1.22. The molecule has 4 heteroatoms. The average molecular weight is 201 g/mol. The minimum absolute atomic E-state index is 0.257. The van der Waals surface area contributed by atoms with Crippen molar-refractivity contribution in [2.24, 2.45) is 5.73 Å². The molecule has 0 aromatic heterocycles. The summed E-state index contributed by atoms with van der Waals surface area (Å²) in [7, 11) is 0. The highest BCUT2D eigenvalue weighted by Crippen LogP contribution is 1.99. The monoisotopic (exact) mass is 201 g/mol. The third-order valence-corrected chi connectivity index (χ3v) is 2.13. The SMILES string of the molecule is CCOCCN(CCC(=N)N)C(C)C. The highest BCUT2D eigenvalue weighted by atomic mass is 16.5. The minimum Gasteiger partial charge on any atom is -0.388 e. The molecule has 0 amide bonds. The van der Waals surface area contributed by atoms with Crippen molar-refractivity contribution >= 4 is 5.84 Å². The summed E-state index contributed by atoms with van der Waals surface area (Å²) in [5.41, 5.74) is 5.32. The smallest absolute Gasteiger partial charge is 0.0918 e. The first kappa shape index (κ1) is 13.4. The molecule has 0 aliphatic heterocycles. The van der Waals surface area contributed by atoms with E-state index >= 15 is 0 Å². The Balaban J connectivity index is 3.72. The maximum Gasteiger partial charge on any atom is 0.0918 e. The van der Waals surface area contributed by atoms with Gasteiger partial charge in [-0.2, -0.15) is 0 Å². The van der Waals surface area contributed by atoms with Crippen molar-refractivity contribution in [3.63, 3.8) is 0 Å². The number of nitrogens with one attached hydrogen (secondary N) is 1. The molecule has 4 nitrogen and oxygen atoms in total. The van der Waals surface area contributed by atoms with E-state index in [9.17, 15) is 0 Å². The molecule has 0 aromatic rings. The van der Waals surface area contributed by atoms with E-state index in [1.165, 1.54) is 0 Å². The maximum absolute atomic E-state index is 7.16. The van der Waals surface area contributed by atoms with Gasteiger partial charge in [-0.1, -0.05) is 0 Å². The molecule has 0 bridgehead atoms. The lowest BCUT2D eigenvalue weighted by Gasteiger charge is -2.25. The van der Waals surface area contributed by atoms with Crippen molar-refractivity contribution in [2.45, 2.75) is 33.2 Å². The first-order valence-corrected chi connectivity index (χ1v) is 5.22.